The fraction of sp³-hybridized carbons (Fsp3) is 0.267. The Kier molecular flexibility index (Phi) is 3.88. The average Bonchev–Trinajstić information content (AvgIpc) is 2.54. The van der Waals surface area contributed by atoms with Crippen LogP contribution in [0.4, 0.5) is 11.6 Å². The van der Waals surface area contributed by atoms with Crippen molar-refractivity contribution in [3.05, 3.63) is 41.2 Å². The summed E-state index contributed by atoms with van der Waals surface area (Å²) in [5.41, 5.74) is 7.40. The highest BCUT2D eigenvalue weighted by Gasteiger charge is 2.31. The summed E-state index contributed by atoms with van der Waals surface area (Å²) in [6, 6.07) is 3.01. The first-order valence-corrected chi connectivity index (χ1v) is 8.72. The molecule has 0 aliphatic carbocycles. The van der Waals surface area contributed by atoms with Gasteiger partial charge >= 0.3 is 5.97 Å². The van der Waals surface area contributed by atoms with Crippen LogP contribution in [0.1, 0.15) is 27.9 Å². The van der Waals surface area contributed by atoms with Crippen molar-refractivity contribution in [2.24, 2.45) is 0 Å². The van der Waals surface area contributed by atoms with Crippen LogP contribution in [-0.4, -0.2) is 36.0 Å². The summed E-state index contributed by atoms with van der Waals surface area (Å²) >= 11 is 0. The van der Waals surface area contributed by atoms with Gasteiger partial charge in [-0.3, -0.25) is 4.31 Å². The lowest BCUT2D eigenvalue weighted by Crippen LogP contribution is -2.36. The number of carbonyl (C=O) groups is 1. The lowest BCUT2D eigenvalue weighted by Gasteiger charge is -2.32. The van der Waals surface area contributed by atoms with Gasteiger partial charge in [-0.15, -0.1) is 0 Å². The molecule has 1 aliphatic heterocycles. The Hall–Kier alpha value is -2.68. The second-order valence-electron chi connectivity index (χ2n) is 5.56. The first-order chi connectivity index (χ1) is 11.3. The molecule has 0 radical (unpaired) electrons. The summed E-state index contributed by atoms with van der Waals surface area (Å²) in [7, 11) is -3.84. The maximum Gasteiger partial charge on any atom is 0.335 e. The number of anilines is 2. The first kappa shape index (κ1) is 16.2. The number of nitrogen functional groups attached to an aromatic ring is 1. The van der Waals surface area contributed by atoms with E-state index in [1.807, 2.05) is 0 Å². The van der Waals surface area contributed by atoms with Crippen LogP contribution in [0.25, 0.3) is 0 Å². The van der Waals surface area contributed by atoms with Crippen molar-refractivity contribution < 1.29 is 18.3 Å². The minimum atomic E-state index is -3.84. The summed E-state index contributed by atoms with van der Waals surface area (Å²) in [5, 5.41) is 9.18. The van der Waals surface area contributed by atoms with E-state index >= 15 is 0 Å². The molecule has 0 bridgehead atoms. The highest BCUT2D eigenvalue weighted by molar-refractivity contribution is 7.92. The topological polar surface area (TPSA) is 126 Å². The van der Waals surface area contributed by atoms with Crippen LogP contribution in [0, 0.1) is 6.92 Å². The molecule has 0 unspecified atom stereocenters. The van der Waals surface area contributed by atoms with E-state index in [1.165, 1.54) is 28.8 Å². The highest BCUT2D eigenvalue weighted by Crippen LogP contribution is 2.35. The molecule has 3 N–H and O–H groups in total. The number of benzene rings is 1. The number of hydrogen-bond donors (Lipinski definition) is 2. The SMILES string of the molecule is Cc1cc(C(=O)O)cc2c1N(S(=O)(=O)c1cnc(N)nc1)CCC2. The Morgan fingerprint density at radius 2 is 1.96 bits per heavy atom. The highest BCUT2D eigenvalue weighted by atomic mass is 32.2. The van der Waals surface area contributed by atoms with Crippen molar-refractivity contribution in [1.82, 2.24) is 9.97 Å². The Bertz CT molecular complexity index is 910. The minimum absolute atomic E-state index is 0.00438. The zero-order valence-corrected chi connectivity index (χ0v) is 13.7. The number of hydrogen-bond acceptors (Lipinski definition) is 6. The van der Waals surface area contributed by atoms with Gasteiger partial charge in [0.1, 0.15) is 4.90 Å². The summed E-state index contributed by atoms with van der Waals surface area (Å²) in [4.78, 5) is 18.6. The van der Waals surface area contributed by atoms with Crippen LogP contribution >= 0.6 is 0 Å². The maximum absolute atomic E-state index is 12.9. The molecule has 1 aliphatic rings. The number of aromatic carboxylic acids is 1. The Morgan fingerprint density at radius 3 is 2.58 bits per heavy atom. The molecule has 0 spiro atoms. The maximum atomic E-state index is 12.9. The van der Waals surface area contributed by atoms with Gasteiger partial charge < -0.3 is 10.8 Å². The second kappa shape index (κ2) is 5.75. The third-order valence-corrected chi connectivity index (χ3v) is 5.67. The number of carboxylic acid groups (broad SMARTS) is 1. The van der Waals surface area contributed by atoms with E-state index in [9.17, 15) is 18.3 Å². The van der Waals surface area contributed by atoms with E-state index in [1.54, 1.807) is 6.92 Å². The molecular weight excluding hydrogens is 332 g/mol. The number of sulfonamides is 1. The molecule has 126 valence electrons. The van der Waals surface area contributed by atoms with Crippen LogP contribution in [0.5, 0.6) is 0 Å². The molecule has 3 rings (SSSR count). The predicted octanol–water partition coefficient (Wildman–Crippen LogP) is 1.21. The third-order valence-electron chi connectivity index (χ3n) is 3.92. The smallest absolute Gasteiger partial charge is 0.335 e. The summed E-state index contributed by atoms with van der Waals surface area (Å²) < 4.78 is 27.1. The number of aryl methyl sites for hydroxylation is 2. The molecule has 9 heteroatoms. The van der Waals surface area contributed by atoms with Gasteiger partial charge in [0.05, 0.1) is 23.6 Å². The summed E-state index contributed by atoms with van der Waals surface area (Å²) in [6.07, 6.45) is 3.58. The standard InChI is InChI=1S/C15H16N4O4S/c1-9-5-11(14(20)21)6-10-3-2-4-19(13(9)10)24(22,23)12-7-17-15(16)18-8-12/h5-8H,2-4H2,1H3,(H,20,21)(H2,16,17,18). The number of rotatable bonds is 3. The molecular formula is C15H16N4O4S. The van der Waals surface area contributed by atoms with Crippen LogP contribution in [-0.2, 0) is 16.4 Å². The van der Waals surface area contributed by atoms with Crippen LogP contribution in [0.3, 0.4) is 0 Å². The van der Waals surface area contributed by atoms with Crippen molar-refractivity contribution >= 4 is 27.6 Å². The van der Waals surface area contributed by atoms with Crippen molar-refractivity contribution in [1.29, 1.82) is 0 Å². The van der Waals surface area contributed by atoms with E-state index in [0.29, 0.717) is 36.2 Å². The largest absolute Gasteiger partial charge is 0.478 e. The molecule has 2 heterocycles. The average molecular weight is 348 g/mol. The van der Waals surface area contributed by atoms with Gasteiger partial charge in [0.15, 0.2) is 0 Å². The second-order valence-corrected chi connectivity index (χ2v) is 7.43. The van der Waals surface area contributed by atoms with E-state index in [-0.39, 0.29) is 16.4 Å². The minimum Gasteiger partial charge on any atom is -0.478 e. The molecule has 1 aromatic heterocycles. The van der Waals surface area contributed by atoms with Crippen molar-refractivity contribution in [2.45, 2.75) is 24.7 Å². The molecule has 2 aromatic rings. The first-order valence-electron chi connectivity index (χ1n) is 7.28. The van der Waals surface area contributed by atoms with Crippen molar-refractivity contribution in [3.63, 3.8) is 0 Å². The monoisotopic (exact) mass is 348 g/mol. The third kappa shape index (κ3) is 2.67. The Morgan fingerprint density at radius 1 is 1.29 bits per heavy atom. The van der Waals surface area contributed by atoms with Crippen LogP contribution in [0.15, 0.2) is 29.4 Å². The number of aromatic nitrogens is 2. The normalized spacial score (nSPS) is 14.3. The van der Waals surface area contributed by atoms with Gasteiger partial charge in [0.2, 0.25) is 5.95 Å². The Balaban J connectivity index is 2.12. The summed E-state index contributed by atoms with van der Waals surface area (Å²) in [6.45, 7) is 2.02. The van der Waals surface area contributed by atoms with Gasteiger partial charge in [-0.25, -0.2) is 23.2 Å². The lowest BCUT2D eigenvalue weighted by atomic mass is 9.97. The summed E-state index contributed by atoms with van der Waals surface area (Å²) in [5.74, 6) is -1.04. The molecule has 0 saturated heterocycles. The van der Waals surface area contributed by atoms with E-state index in [0.717, 1.165) is 0 Å². The lowest BCUT2D eigenvalue weighted by molar-refractivity contribution is 0.0696. The van der Waals surface area contributed by atoms with Crippen LogP contribution < -0.4 is 10.0 Å². The zero-order valence-electron chi connectivity index (χ0n) is 12.9. The molecule has 0 amide bonds. The number of carboxylic acids is 1. The van der Waals surface area contributed by atoms with Gasteiger partial charge in [-0.1, -0.05) is 0 Å². The molecule has 1 aromatic carbocycles. The van der Waals surface area contributed by atoms with Gasteiger partial charge in [0, 0.05) is 6.54 Å². The number of nitrogens with zero attached hydrogens (tertiary/aromatic N) is 3. The number of nitrogens with two attached hydrogens (primary N) is 1. The van der Waals surface area contributed by atoms with E-state index in [2.05, 4.69) is 9.97 Å². The fourth-order valence-corrected chi connectivity index (χ4v) is 4.37. The van der Waals surface area contributed by atoms with E-state index < -0.39 is 16.0 Å². The van der Waals surface area contributed by atoms with Gasteiger partial charge in [-0.2, -0.15) is 0 Å². The molecule has 24 heavy (non-hydrogen) atoms. The van der Waals surface area contributed by atoms with E-state index in [4.69, 9.17) is 5.73 Å². The zero-order chi connectivity index (χ0) is 17.5. The van der Waals surface area contributed by atoms with Gasteiger partial charge in [-0.05, 0) is 43.0 Å². The number of fused-ring (bicyclic) bond motifs is 1. The van der Waals surface area contributed by atoms with Gasteiger partial charge in [0.25, 0.3) is 10.0 Å². The quantitative estimate of drug-likeness (QED) is 0.853. The Labute approximate surface area is 139 Å². The fourth-order valence-electron chi connectivity index (χ4n) is 2.88. The molecule has 0 fully saturated rings. The molecule has 0 atom stereocenters. The predicted molar refractivity (Wildman–Crippen MR) is 87.4 cm³/mol. The molecule has 0 saturated carbocycles. The molecule has 8 nitrogen and oxygen atoms in total. The van der Waals surface area contributed by atoms with Crippen LogP contribution in [0.2, 0.25) is 0 Å². The van der Waals surface area contributed by atoms with Crippen molar-refractivity contribution in [2.75, 3.05) is 16.6 Å². The van der Waals surface area contributed by atoms with Crippen molar-refractivity contribution in [3.8, 4) is 0 Å².